The molecule has 0 amide bonds. The lowest BCUT2D eigenvalue weighted by atomic mass is 9.99. The van der Waals surface area contributed by atoms with Gasteiger partial charge in [0, 0.05) is 30.9 Å². The average Bonchev–Trinajstić information content (AvgIpc) is 3.00. The van der Waals surface area contributed by atoms with Crippen molar-refractivity contribution in [2.24, 2.45) is 0 Å². The summed E-state index contributed by atoms with van der Waals surface area (Å²) < 4.78 is 5.69. The molecule has 1 saturated heterocycles. The Morgan fingerprint density at radius 2 is 2.33 bits per heavy atom. The van der Waals surface area contributed by atoms with Crippen molar-refractivity contribution >= 4 is 5.69 Å². The van der Waals surface area contributed by atoms with Crippen LogP contribution < -0.4 is 15.0 Å². The van der Waals surface area contributed by atoms with Gasteiger partial charge >= 0.3 is 0 Å². The number of nitrogens with one attached hydrogen (secondary N) is 1. The molecule has 3 nitrogen and oxygen atoms in total. The van der Waals surface area contributed by atoms with Crippen LogP contribution in [0.5, 0.6) is 5.75 Å². The summed E-state index contributed by atoms with van der Waals surface area (Å²) in [5, 5.41) is 3.57. The fourth-order valence-electron chi connectivity index (χ4n) is 3.28. The number of benzene rings is 1. The third-order valence-corrected chi connectivity index (χ3v) is 4.26. The highest BCUT2D eigenvalue weighted by Crippen LogP contribution is 2.37. The van der Waals surface area contributed by atoms with Gasteiger partial charge in [-0.1, -0.05) is 6.07 Å². The highest BCUT2D eigenvalue weighted by Gasteiger charge is 2.24. The van der Waals surface area contributed by atoms with Crippen molar-refractivity contribution in [2.45, 2.75) is 31.7 Å². The van der Waals surface area contributed by atoms with Gasteiger partial charge in [0.2, 0.25) is 0 Å². The molecule has 2 aliphatic heterocycles. The minimum Gasteiger partial charge on any atom is -0.496 e. The van der Waals surface area contributed by atoms with E-state index in [1.807, 2.05) is 0 Å². The first-order valence-electron chi connectivity index (χ1n) is 6.93. The molecule has 0 aromatic heterocycles. The SMILES string of the molecule is COc1c(CC2CCCN2)ccc2c1CCN2C. The van der Waals surface area contributed by atoms with E-state index in [1.165, 1.54) is 36.2 Å². The van der Waals surface area contributed by atoms with Crippen LogP contribution >= 0.6 is 0 Å². The van der Waals surface area contributed by atoms with Crippen LogP contribution in [0.1, 0.15) is 24.0 Å². The van der Waals surface area contributed by atoms with Gasteiger partial charge in [-0.25, -0.2) is 0 Å². The Bertz CT molecular complexity index is 438. The van der Waals surface area contributed by atoms with Gasteiger partial charge in [-0.2, -0.15) is 0 Å². The smallest absolute Gasteiger partial charge is 0.127 e. The molecular weight excluding hydrogens is 224 g/mol. The molecule has 2 heterocycles. The van der Waals surface area contributed by atoms with Crippen LogP contribution in [-0.2, 0) is 12.8 Å². The quantitative estimate of drug-likeness (QED) is 0.882. The second-order valence-corrected chi connectivity index (χ2v) is 5.42. The molecule has 1 N–H and O–H groups in total. The molecule has 1 unspecified atom stereocenters. The lowest BCUT2D eigenvalue weighted by molar-refractivity contribution is 0.403. The summed E-state index contributed by atoms with van der Waals surface area (Å²) in [5.74, 6) is 1.13. The number of nitrogens with zero attached hydrogens (tertiary/aromatic N) is 1. The van der Waals surface area contributed by atoms with Gasteiger partial charge < -0.3 is 15.0 Å². The van der Waals surface area contributed by atoms with Gasteiger partial charge in [-0.3, -0.25) is 0 Å². The topological polar surface area (TPSA) is 24.5 Å². The third kappa shape index (κ3) is 1.97. The largest absolute Gasteiger partial charge is 0.496 e. The van der Waals surface area contributed by atoms with E-state index >= 15 is 0 Å². The Morgan fingerprint density at radius 1 is 1.44 bits per heavy atom. The Balaban J connectivity index is 1.90. The zero-order chi connectivity index (χ0) is 12.5. The first-order chi connectivity index (χ1) is 8.79. The Morgan fingerprint density at radius 3 is 3.06 bits per heavy atom. The van der Waals surface area contributed by atoms with Crippen molar-refractivity contribution in [2.75, 3.05) is 32.1 Å². The van der Waals surface area contributed by atoms with Crippen LogP contribution in [0, 0.1) is 0 Å². The van der Waals surface area contributed by atoms with Crippen molar-refractivity contribution in [1.82, 2.24) is 5.32 Å². The van der Waals surface area contributed by atoms with E-state index in [0.717, 1.165) is 25.1 Å². The fourth-order valence-corrected chi connectivity index (χ4v) is 3.28. The van der Waals surface area contributed by atoms with Crippen LogP contribution in [0.4, 0.5) is 5.69 Å². The number of rotatable bonds is 3. The fraction of sp³-hybridized carbons (Fsp3) is 0.600. The van der Waals surface area contributed by atoms with Crippen LogP contribution in [0.25, 0.3) is 0 Å². The zero-order valence-corrected chi connectivity index (χ0v) is 11.3. The molecule has 1 aromatic rings. The van der Waals surface area contributed by atoms with Crippen LogP contribution in [0.15, 0.2) is 12.1 Å². The van der Waals surface area contributed by atoms with E-state index in [4.69, 9.17) is 4.74 Å². The molecule has 2 aliphatic rings. The molecule has 0 saturated carbocycles. The average molecular weight is 246 g/mol. The van der Waals surface area contributed by atoms with Crippen molar-refractivity contribution < 1.29 is 4.74 Å². The monoisotopic (exact) mass is 246 g/mol. The zero-order valence-electron chi connectivity index (χ0n) is 11.3. The van der Waals surface area contributed by atoms with Crippen molar-refractivity contribution in [1.29, 1.82) is 0 Å². The molecule has 18 heavy (non-hydrogen) atoms. The van der Waals surface area contributed by atoms with Gasteiger partial charge in [-0.05, 0) is 43.9 Å². The predicted molar refractivity (Wildman–Crippen MR) is 74.7 cm³/mol. The van der Waals surface area contributed by atoms with Crippen molar-refractivity contribution in [3.8, 4) is 5.75 Å². The summed E-state index contributed by atoms with van der Waals surface area (Å²) >= 11 is 0. The number of methoxy groups -OCH3 is 1. The van der Waals surface area contributed by atoms with Crippen molar-refractivity contribution in [3.05, 3.63) is 23.3 Å². The maximum absolute atomic E-state index is 5.69. The normalized spacial score (nSPS) is 22.3. The first kappa shape index (κ1) is 11.8. The first-order valence-corrected chi connectivity index (χ1v) is 6.93. The molecule has 0 spiro atoms. The highest BCUT2D eigenvalue weighted by molar-refractivity contribution is 5.65. The lowest BCUT2D eigenvalue weighted by Crippen LogP contribution is -2.24. The summed E-state index contributed by atoms with van der Waals surface area (Å²) in [6.45, 7) is 2.28. The van der Waals surface area contributed by atoms with E-state index in [-0.39, 0.29) is 0 Å². The summed E-state index contributed by atoms with van der Waals surface area (Å²) in [6.07, 6.45) is 4.81. The molecule has 3 rings (SSSR count). The standard InChI is InChI=1S/C15H22N2O/c1-17-9-7-13-14(17)6-5-11(15(13)18-2)10-12-4-3-8-16-12/h5-6,12,16H,3-4,7-10H2,1-2H3. The molecular formula is C15H22N2O. The van der Waals surface area contributed by atoms with E-state index in [0.29, 0.717) is 6.04 Å². The number of likely N-dealkylation sites (N-methyl/N-ethyl adjacent to an activating group) is 1. The van der Waals surface area contributed by atoms with Crippen LogP contribution in [0.3, 0.4) is 0 Å². The van der Waals surface area contributed by atoms with E-state index in [1.54, 1.807) is 7.11 Å². The Hall–Kier alpha value is -1.22. The minimum absolute atomic E-state index is 0.635. The number of ether oxygens (including phenoxy) is 1. The molecule has 1 atom stereocenters. The van der Waals surface area contributed by atoms with E-state index < -0.39 is 0 Å². The summed E-state index contributed by atoms with van der Waals surface area (Å²) in [6, 6.07) is 5.14. The molecule has 98 valence electrons. The van der Waals surface area contributed by atoms with E-state index in [2.05, 4.69) is 29.4 Å². The molecule has 0 aliphatic carbocycles. The minimum atomic E-state index is 0.635. The second-order valence-electron chi connectivity index (χ2n) is 5.42. The van der Waals surface area contributed by atoms with E-state index in [9.17, 15) is 0 Å². The molecule has 1 aromatic carbocycles. The van der Waals surface area contributed by atoms with Crippen LogP contribution in [0.2, 0.25) is 0 Å². The van der Waals surface area contributed by atoms with Gasteiger partial charge in [0.15, 0.2) is 0 Å². The Kier molecular flexibility index (Phi) is 3.16. The van der Waals surface area contributed by atoms with Gasteiger partial charge in [-0.15, -0.1) is 0 Å². The summed E-state index contributed by atoms with van der Waals surface area (Å²) in [5.41, 5.74) is 4.11. The van der Waals surface area contributed by atoms with Crippen molar-refractivity contribution in [3.63, 3.8) is 0 Å². The predicted octanol–water partition coefficient (Wildman–Crippen LogP) is 1.98. The van der Waals surface area contributed by atoms with Crippen LogP contribution in [-0.4, -0.2) is 33.3 Å². The summed E-state index contributed by atoms with van der Waals surface area (Å²) in [4.78, 5) is 2.31. The molecule has 0 radical (unpaired) electrons. The van der Waals surface area contributed by atoms with Gasteiger partial charge in [0.1, 0.15) is 5.75 Å². The molecule has 0 bridgehead atoms. The Labute approximate surface area is 109 Å². The maximum atomic E-state index is 5.69. The van der Waals surface area contributed by atoms with Gasteiger partial charge in [0.05, 0.1) is 7.11 Å². The second kappa shape index (κ2) is 4.81. The third-order valence-electron chi connectivity index (χ3n) is 4.26. The lowest BCUT2D eigenvalue weighted by Gasteiger charge is -2.18. The highest BCUT2D eigenvalue weighted by atomic mass is 16.5. The molecule has 3 heteroatoms. The number of fused-ring (bicyclic) bond motifs is 1. The number of hydrogen-bond donors (Lipinski definition) is 1. The molecule has 1 fully saturated rings. The number of hydrogen-bond acceptors (Lipinski definition) is 3. The van der Waals surface area contributed by atoms with Gasteiger partial charge in [0.25, 0.3) is 0 Å². The maximum Gasteiger partial charge on any atom is 0.127 e. The number of anilines is 1. The summed E-state index contributed by atoms with van der Waals surface area (Å²) in [7, 11) is 3.96.